The summed E-state index contributed by atoms with van der Waals surface area (Å²) in [5, 5.41) is 22.6. The molecule has 1 heterocycles. The maximum atomic E-state index is 12.5. The SMILES string of the molecule is N#Cc1ccc(-c2nnc(COC(=O)c3cccc(NC(=O)Nc4ccc(Cl)c(Cl)c4)c3)o2)cc1. The molecule has 0 saturated carbocycles. The molecule has 4 rings (SSSR count). The summed E-state index contributed by atoms with van der Waals surface area (Å²) in [4.78, 5) is 24.7. The van der Waals surface area contributed by atoms with Gasteiger partial charge < -0.3 is 19.8 Å². The van der Waals surface area contributed by atoms with E-state index in [-0.39, 0.29) is 24.0 Å². The minimum atomic E-state index is -0.642. The molecule has 0 unspecified atom stereocenters. The minimum absolute atomic E-state index is 0.105. The van der Waals surface area contributed by atoms with Gasteiger partial charge in [0.05, 0.1) is 27.2 Å². The van der Waals surface area contributed by atoms with Gasteiger partial charge in [-0.15, -0.1) is 10.2 Å². The Bertz CT molecular complexity index is 1430. The van der Waals surface area contributed by atoms with Crippen LogP contribution in [0.25, 0.3) is 11.5 Å². The Kier molecular flexibility index (Phi) is 7.26. The van der Waals surface area contributed by atoms with Crippen LogP contribution in [0.1, 0.15) is 21.8 Å². The van der Waals surface area contributed by atoms with Gasteiger partial charge in [-0.1, -0.05) is 29.3 Å². The van der Waals surface area contributed by atoms with E-state index in [2.05, 4.69) is 20.8 Å². The number of esters is 1. The number of nitrogens with zero attached hydrogens (tertiary/aromatic N) is 3. The molecule has 0 spiro atoms. The van der Waals surface area contributed by atoms with Crippen LogP contribution >= 0.6 is 23.2 Å². The van der Waals surface area contributed by atoms with E-state index < -0.39 is 12.0 Å². The van der Waals surface area contributed by atoms with Crippen molar-refractivity contribution < 1.29 is 18.7 Å². The summed E-state index contributed by atoms with van der Waals surface area (Å²) in [6.07, 6.45) is 0. The Balaban J connectivity index is 1.34. The molecule has 1 aromatic heterocycles. The standard InChI is InChI=1S/C24H15Cl2N5O4/c25-19-9-8-18(11-20(19)26)29-24(33)28-17-3-1-2-16(10-17)23(32)34-13-21-30-31-22(35-21)15-6-4-14(12-27)5-7-15/h1-11H,13H2,(H2,28,29,33). The third kappa shape index (κ3) is 6.14. The highest BCUT2D eigenvalue weighted by atomic mass is 35.5. The summed E-state index contributed by atoms with van der Waals surface area (Å²) in [6.45, 7) is -0.239. The lowest BCUT2D eigenvalue weighted by Crippen LogP contribution is -2.19. The molecule has 0 aliphatic rings. The number of ether oxygens (including phenoxy) is 1. The van der Waals surface area contributed by atoms with E-state index in [4.69, 9.17) is 37.6 Å². The molecule has 174 valence electrons. The highest BCUT2D eigenvalue weighted by Crippen LogP contribution is 2.25. The first-order valence-corrected chi connectivity index (χ1v) is 10.8. The van der Waals surface area contributed by atoms with Crippen LogP contribution < -0.4 is 10.6 Å². The van der Waals surface area contributed by atoms with Gasteiger partial charge in [0, 0.05) is 16.9 Å². The highest BCUT2D eigenvalue weighted by Gasteiger charge is 2.14. The summed E-state index contributed by atoms with van der Waals surface area (Å²) in [5.74, 6) is -0.301. The number of halogens is 2. The van der Waals surface area contributed by atoms with Gasteiger partial charge in [0.15, 0.2) is 6.61 Å². The Hall–Kier alpha value is -4.39. The highest BCUT2D eigenvalue weighted by molar-refractivity contribution is 6.42. The summed E-state index contributed by atoms with van der Waals surface area (Å²) in [6, 6.07) is 19.0. The number of hydrogen-bond donors (Lipinski definition) is 2. The van der Waals surface area contributed by atoms with E-state index in [0.29, 0.717) is 32.5 Å². The largest absolute Gasteiger partial charge is 0.452 e. The minimum Gasteiger partial charge on any atom is -0.452 e. The molecule has 2 amide bonds. The zero-order chi connectivity index (χ0) is 24.8. The number of nitrogens with one attached hydrogen (secondary N) is 2. The average Bonchev–Trinajstić information content (AvgIpc) is 3.34. The maximum absolute atomic E-state index is 12.5. The number of anilines is 2. The molecule has 0 radical (unpaired) electrons. The normalized spacial score (nSPS) is 10.3. The number of benzene rings is 3. The number of aromatic nitrogens is 2. The number of carbonyl (C=O) groups excluding carboxylic acids is 2. The van der Waals surface area contributed by atoms with Crippen molar-refractivity contribution >= 4 is 46.6 Å². The Morgan fingerprint density at radius 1 is 0.943 bits per heavy atom. The van der Waals surface area contributed by atoms with E-state index in [1.807, 2.05) is 6.07 Å². The fourth-order valence-electron chi connectivity index (χ4n) is 2.92. The Morgan fingerprint density at radius 3 is 2.40 bits per heavy atom. The first-order valence-electron chi connectivity index (χ1n) is 10.0. The molecule has 3 aromatic carbocycles. The Morgan fingerprint density at radius 2 is 1.69 bits per heavy atom. The second-order valence-corrected chi connectivity index (χ2v) is 7.87. The topological polar surface area (TPSA) is 130 Å². The number of nitriles is 1. The number of rotatable bonds is 6. The van der Waals surface area contributed by atoms with Crippen LogP contribution in [0.5, 0.6) is 0 Å². The average molecular weight is 508 g/mol. The van der Waals surface area contributed by atoms with Gasteiger partial charge in [0.2, 0.25) is 5.89 Å². The van der Waals surface area contributed by atoms with Crippen molar-refractivity contribution in [2.24, 2.45) is 0 Å². The predicted octanol–water partition coefficient (Wildman–Crippen LogP) is 5.92. The first-order chi connectivity index (χ1) is 16.9. The zero-order valence-corrected chi connectivity index (χ0v) is 19.3. The van der Waals surface area contributed by atoms with E-state index in [9.17, 15) is 9.59 Å². The molecule has 0 fully saturated rings. The number of urea groups is 1. The van der Waals surface area contributed by atoms with Crippen molar-refractivity contribution in [2.75, 3.05) is 10.6 Å². The van der Waals surface area contributed by atoms with Crippen LogP contribution in [0.3, 0.4) is 0 Å². The molecule has 9 nitrogen and oxygen atoms in total. The molecule has 0 bridgehead atoms. The first kappa shape index (κ1) is 23.8. The maximum Gasteiger partial charge on any atom is 0.338 e. The summed E-state index contributed by atoms with van der Waals surface area (Å²) in [5.41, 5.74) is 2.17. The second-order valence-electron chi connectivity index (χ2n) is 7.06. The fraction of sp³-hybridized carbons (Fsp3) is 0.0417. The van der Waals surface area contributed by atoms with Crippen LogP contribution in [0.4, 0.5) is 16.2 Å². The molecule has 2 N–H and O–H groups in total. The lowest BCUT2D eigenvalue weighted by Gasteiger charge is -2.09. The predicted molar refractivity (Wildman–Crippen MR) is 129 cm³/mol. The molecular formula is C24H15Cl2N5O4. The van der Waals surface area contributed by atoms with Crippen molar-refractivity contribution in [3.63, 3.8) is 0 Å². The van der Waals surface area contributed by atoms with Crippen molar-refractivity contribution in [1.82, 2.24) is 10.2 Å². The Labute approximate surface area is 209 Å². The van der Waals surface area contributed by atoms with Crippen molar-refractivity contribution in [3.8, 4) is 17.5 Å². The molecule has 4 aromatic rings. The summed E-state index contributed by atoms with van der Waals surface area (Å²) < 4.78 is 10.8. The van der Waals surface area contributed by atoms with E-state index >= 15 is 0 Å². The van der Waals surface area contributed by atoms with Crippen LogP contribution in [-0.2, 0) is 11.3 Å². The molecular weight excluding hydrogens is 493 g/mol. The number of hydrogen-bond acceptors (Lipinski definition) is 7. The van der Waals surface area contributed by atoms with E-state index in [1.54, 1.807) is 54.6 Å². The van der Waals surface area contributed by atoms with Gasteiger partial charge in [0.25, 0.3) is 5.89 Å². The van der Waals surface area contributed by atoms with Crippen molar-refractivity contribution in [3.05, 3.63) is 93.8 Å². The third-order valence-electron chi connectivity index (χ3n) is 4.59. The summed E-state index contributed by atoms with van der Waals surface area (Å²) >= 11 is 11.8. The smallest absolute Gasteiger partial charge is 0.338 e. The van der Waals surface area contributed by atoms with Gasteiger partial charge in [-0.25, -0.2) is 9.59 Å². The lowest BCUT2D eigenvalue weighted by atomic mass is 10.1. The van der Waals surface area contributed by atoms with Gasteiger partial charge in [0.1, 0.15) is 0 Å². The second kappa shape index (κ2) is 10.7. The van der Waals surface area contributed by atoms with Gasteiger partial charge in [-0.05, 0) is 60.7 Å². The third-order valence-corrected chi connectivity index (χ3v) is 5.33. The summed E-state index contributed by atoms with van der Waals surface area (Å²) in [7, 11) is 0. The van der Waals surface area contributed by atoms with Crippen LogP contribution in [0.2, 0.25) is 10.0 Å². The fourth-order valence-corrected chi connectivity index (χ4v) is 3.22. The zero-order valence-electron chi connectivity index (χ0n) is 17.8. The molecule has 0 atom stereocenters. The van der Waals surface area contributed by atoms with Crippen LogP contribution in [-0.4, -0.2) is 22.2 Å². The lowest BCUT2D eigenvalue weighted by molar-refractivity contribution is 0.0438. The molecule has 35 heavy (non-hydrogen) atoms. The number of carbonyl (C=O) groups is 2. The van der Waals surface area contributed by atoms with E-state index in [1.165, 1.54) is 12.1 Å². The monoisotopic (exact) mass is 507 g/mol. The van der Waals surface area contributed by atoms with Gasteiger partial charge >= 0.3 is 12.0 Å². The molecule has 0 saturated heterocycles. The quantitative estimate of drug-likeness (QED) is 0.310. The van der Waals surface area contributed by atoms with Crippen LogP contribution in [0, 0.1) is 11.3 Å². The van der Waals surface area contributed by atoms with Crippen LogP contribution in [0.15, 0.2) is 71.1 Å². The van der Waals surface area contributed by atoms with Crippen molar-refractivity contribution in [1.29, 1.82) is 5.26 Å². The molecule has 0 aliphatic carbocycles. The molecule has 11 heteroatoms. The van der Waals surface area contributed by atoms with Crippen molar-refractivity contribution in [2.45, 2.75) is 6.61 Å². The number of amides is 2. The molecule has 0 aliphatic heterocycles. The van der Waals surface area contributed by atoms with Gasteiger partial charge in [-0.3, -0.25) is 0 Å². The van der Waals surface area contributed by atoms with E-state index in [0.717, 1.165) is 0 Å². The van der Waals surface area contributed by atoms with Gasteiger partial charge in [-0.2, -0.15) is 5.26 Å².